The summed E-state index contributed by atoms with van der Waals surface area (Å²) in [7, 11) is 0. The van der Waals surface area contributed by atoms with E-state index in [0.717, 1.165) is 12.8 Å². The maximum atomic E-state index is 10.6. The van der Waals surface area contributed by atoms with E-state index >= 15 is 0 Å². The molecule has 1 rings (SSSR count). The fraction of sp³-hybridized carbons (Fsp3) is 0.500. The molecule has 0 aliphatic rings. The normalized spacial score (nSPS) is 11.3. The molecule has 0 saturated heterocycles. The van der Waals surface area contributed by atoms with E-state index < -0.39 is 0 Å². The van der Waals surface area contributed by atoms with E-state index in [1.807, 2.05) is 26.0 Å². The van der Waals surface area contributed by atoms with Gasteiger partial charge in [0.25, 0.3) is 0 Å². The Kier molecular flexibility index (Phi) is 4.70. The highest BCUT2D eigenvalue weighted by molar-refractivity contribution is 5.65. The Balaban J connectivity index is 2.57. The summed E-state index contributed by atoms with van der Waals surface area (Å²) in [4.78, 5) is 10.6. The fourth-order valence-electron chi connectivity index (χ4n) is 1.73. The highest BCUT2D eigenvalue weighted by Gasteiger charge is 2.11. The van der Waals surface area contributed by atoms with Gasteiger partial charge >= 0.3 is 5.97 Å². The first-order valence-electron chi connectivity index (χ1n) is 5.87. The van der Waals surface area contributed by atoms with E-state index in [4.69, 9.17) is 10.5 Å². The minimum absolute atomic E-state index is 0.200. The van der Waals surface area contributed by atoms with Gasteiger partial charge in [-0.05, 0) is 31.4 Å². The summed E-state index contributed by atoms with van der Waals surface area (Å²) >= 11 is 0. The van der Waals surface area contributed by atoms with Crippen molar-refractivity contribution in [3.8, 4) is 0 Å². The Bertz CT molecular complexity index is 380. The molecule has 0 amide bonds. The number of nitrogens with two attached hydrogens (primary N) is 1. The third-order valence-electron chi connectivity index (χ3n) is 2.35. The van der Waals surface area contributed by atoms with Gasteiger partial charge in [0.1, 0.15) is 0 Å². The van der Waals surface area contributed by atoms with Gasteiger partial charge in [0, 0.05) is 18.9 Å². The van der Waals surface area contributed by atoms with Crippen molar-refractivity contribution in [3.63, 3.8) is 0 Å². The van der Waals surface area contributed by atoms with Crippen LogP contribution in [0.3, 0.4) is 0 Å². The first kappa shape index (κ1) is 13.7. The molecule has 0 radical (unpaired) electrons. The lowest BCUT2D eigenvalue weighted by atomic mass is 9.95. The number of carbonyl (C=O) groups is 1. The van der Waals surface area contributed by atoms with Crippen molar-refractivity contribution in [2.24, 2.45) is 5.73 Å². The molecule has 1 aromatic rings. The average molecular weight is 235 g/mol. The maximum Gasteiger partial charge on any atom is 0.302 e. The Hall–Kier alpha value is -1.35. The molecule has 0 bridgehead atoms. The molecular formula is C14H21NO2. The largest absolute Gasteiger partial charge is 0.466 e. The molecule has 0 spiro atoms. The van der Waals surface area contributed by atoms with Crippen molar-refractivity contribution >= 4 is 5.97 Å². The minimum Gasteiger partial charge on any atom is -0.466 e. The molecule has 0 unspecified atom stereocenters. The first-order valence-corrected chi connectivity index (χ1v) is 5.87. The molecule has 17 heavy (non-hydrogen) atoms. The molecule has 0 fully saturated rings. The lowest BCUT2D eigenvalue weighted by Crippen LogP contribution is -2.34. The highest BCUT2D eigenvalue weighted by Crippen LogP contribution is 2.12. The van der Waals surface area contributed by atoms with Gasteiger partial charge in [0.05, 0.1) is 6.61 Å². The second-order valence-electron chi connectivity index (χ2n) is 5.08. The number of hydrogen-bond acceptors (Lipinski definition) is 3. The van der Waals surface area contributed by atoms with E-state index in [2.05, 4.69) is 12.1 Å². The molecule has 0 saturated carbocycles. The van der Waals surface area contributed by atoms with E-state index in [1.165, 1.54) is 18.1 Å². The summed E-state index contributed by atoms with van der Waals surface area (Å²) in [6, 6.07) is 8.25. The lowest BCUT2D eigenvalue weighted by Gasteiger charge is -2.18. The molecule has 0 aliphatic heterocycles. The van der Waals surface area contributed by atoms with Crippen molar-refractivity contribution in [1.82, 2.24) is 0 Å². The summed E-state index contributed by atoms with van der Waals surface area (Å²) in [5.74, 6) is -0.232. The molecule has 3 heteroatoms. The van der Waals surface area contributed by atoms with Crippen LogP contribution in [0.25, 0.3) is 0 Å². The zero-order valence-corrected chi connectivity index (χ0v) is 10.8. The number of esters is 1. The van der Waals surface area contributed by atoms with Gasteiger partial charge in [-0.15, -0.1) is 0 Å². The molecule has 3 nitrogen and oxygen atoms in total. The van der Waals surface area contributed by atoms with Crippen LogP contribution in [-0.2, 0) is 22.4 Å². The molecule has 0 aliphatic carbocycles. The van der Waals surface area contributed by atoms with E-state index in [0.29, 0.717) is 6.61 Å². The second kappa shape index (κ2) is 5.82. The smallest absolute Gasteiger partial charge is 0.302 e. The van der Waals surface area contributed by atoms with Crippen molar-refractivity contribution in [1.29, 1.82) is 0 Å². The maximum absolute atomic E-state index is 10.6. The predicted molar refractivity (Wildman–Crippen MR) is 68.7 cm³/mol. The molecule has 2 N–H and O–H groups in total. The molecule has 1 aromatic carbocycles. The molecule has 0 heterocycles. The standard InChI is InChI=1S/C14H21NO2/c1-11(16)17-8-7-12-5-4-6-13(9-12)10-14(2,3)15/h4-6,9H,7-8,10,15H2,1-3H3. The van der Waals surface area contributed by atoms with Crippen LogP contribution >= 0.6 is 0 Å². The minimum atomic E-state index is -0.232. The van der Waals surface area contributed by atoms with Gasteiger partial charge in [-0.1, -0.05) is 24.3 Å². The van der Waals surface area contributed by atoms with Gasteiger partial charge in [-0.3, -0.25) is 4.79 Å². The number of carbonyl (C=O) groups excluding carboxylic acids is 1. The van der Waals surface area contributed by atoms with E-state index in [1.54, 1.807) is 0 Å². The second-order valence-corrected chi connectivity index (χ2v) is 5.08. The quantitative estimate of drug-likeness (QED) is 0.795. The molecule has 0 aromatic heterocycles. The average Bonchev–Trinajstić information content (AvgIpc) is 2.14. The van der Waals surface area contributed by atoms with Crippen LogP contribution in [0.5, 0.6) is 0 Å². The van der Waals surface area contributed by atoms with Gasteiger partial charge in [0.2, 0.25) is 0 Å². The summed E-state index contributed by atoms with van der Waals surface area (Å²) in [6.45, 7) is 5.88. The molecule has 0 atom stereocenters. The van der Waals surface area contributed by atoms with Crippen molar-refractivity contribution in [2.45, 2.75) is 39.2 Å². The third kappa shape index (κ3) is 6.07. The number of rotatable bonds is 5. The molecule has 94 valence electrons. The number of ether oxygens (including phenoxy) is 1. The Labute approximate surface area is 103 Å². The van der Waals surface area contributed by atoms with Crippen molar-refractivity contribution in [2.75, 3.05) is 6.61 Å². The summed E-state index contributed by atoms with van der Waals surface area (Å²) in [5.41, 5.74) is 8.18. The van der Waals surface area contributed by atoms with Crippen molar-refractivity contribution < 1.29 is 9.53 Å². The SMILES string of the molecule is CC(=O)OCCc1cccc(CC(C)(C)N)c1. The van der Waals surface area contributed by atoms with Crippen LogP contribution in [0.15, 0.2) is 24.3 Å². The summed E-state index contributed by atoms with van der Waals surface area (Å²) < 4.78 is 4.92. The van der Waals surface area contributed by atoms with Crippen LogP contribution < -0.4 is 5.73 Å². The topological polar surface area (TPSA) is 52.3 Å². The highest BCUT2D eigenvalue weighted by atomic mass is 16.5. The third-order valence-corrected chi connectivity index (χ3v) is 2.35. The first-order chi connectivity index (χ1) is 7.87. The van der Waals surface area contributed by atoms with Crippen LogP contribution in [-0.4, -0.2) is 18.1 Å². The van der Waals surface area contributed by atoms with Gasteiger partial charge in [-0.25, -0.2) is 0 Å². The predicted octanol–water partition coefficient (Wildman–Crippen LogP) is 2.07. The Morgan fingerprint density at radius 1 is 1.35 bits per heavy atom. The van der Waals surface area contributed by atoms with Crippen LogP contribution in [0, 0.1) is 0 Å². The van der Waals surface area contributed by atoms with E-state index in [9.17, 15) is 4.79 Å². The summed E-state index contributed by atoms with van der Waals surface area (Å²) in [6.07, 6.45) is 1.59. The van der Waals surface area contributed by atoms with E-state index in [-0.39, 0.29) is 11.5 Å². The molecular weight excluding hydrogens is 214 g/mol. The zero-order valence-electron chi connectivity index (χ0n) is 10.8. The fourth-order valence-corrected chi connectivity index (χ4v) is 1.73. The van der Waals surface area contributed by atoms with Crippen LogP contribution in [0.4, 0.5) is 0 Å². The van der Waals surface area contributed by atoms with Crippen molar-refractivity contribution in [3.05, 3.63) is 35.4 Å². The zero-order chi connectivity index (χ0) is 12.9. The number of hydrogen-bond donors (Lipinski definition) is 1. The monoisotopic (exact) mass is 235 g/mol. The van der Waals surface area contributed by atoms with Crippen LogP contribution in [0.1, 0.15) is 31.9 Å². The number of benzene rings is 1. The van der Waals surface area contributed by atoms with Gasteiger partial charge < -0.3 is 10.5 Å². The van der Waals surface area contributed by atoms with Gasteiger partial charge in [0.15, 0.2) is 0 Å². The van der Waals surface area contributed by atoms with Gasteiger partial charge in [-0.2, -0.15) is 0 Å². The van der Waals surface area contributed by atoms with Crippen LogP contribution in [0.2, 0.25) is 0 Å². The Morgan fingerprint density at radius 3 is 2.59 bits per heavy atom. The Morgan fingerprint density at radius 2 is 2.00 bits per heavy atom. The summed E-state index contributed by atoms with van der Waals surface area (Å²) in [5, 5.41) is 0. The lowest BCUT2D eigenvalue weighted by molar-refractivity contribution is -0.140.